The van der Waals surface area contributed by atoms with Crippen molar-refractivity contribution < 1.29 is 18.7 Å². The first-order valence-corrected chi connectivity index (χ1v) is 12.6. The predicted octanol–water partition coefficient (Wildman–Crippen LogP) is 4.33. The Kier molecular flexibility index (Phi) is 7.13. The summed E-state index contributed by atoms with van der Waals surface area (Å²) in [5.74, 6) is 0.603. The van der Waals surface area contributed by atoms with Gasteiger partial charge < -0.3 is 14.4 Å². The number of fused-ring (bicyclic) bond motifs is 1. The molecular weight excluding hydrogens is 521 g/mol. The zero-order valence-electron chi connectivity index (χ0n) is 20.2. The molecule has 0 radical (unpaired) electrons. The summed E-state index contributed by atoms with van der Waals surface area (Å²) in [7, 11) is 3.04. The highest BCUT2D eigenvalue weighted by Gasteiger charge is 2.30. The number of rotatable bonds is 6. The number of nitrogens with one attached hydrogen (secondary N) is 1. The van der Waals surface area contributed by atoms with Gasteiger partial charge in [-0.3, -0.25) is 15.1 Å². The minimum Gasteiger partial charge on any atom is -0.494 e. The van der Waals surface area contributed by atoms with Gasteiger partial charge in [0.25, 0.3) is 5.91 Å². The van der Waals surface area contributed by atoms with E-state index in [2.05, 4.69) is 30.2 Å². The van der Waals surface area contributed by atoms with Crippen molar-refractivity contribution in [2.24, 2.45) is 0 Å². The number of hydrogen-bond donors (Lipinski definition) is 1. The van der Waals surface area contributed by atoms with Crippen LogP contribution in [0, 0.1) is 6.92 Å². The molecule has 13 heteroatoms. The Morgan fingerprint density at radius 1 is 1.16 bits per heavy atom. The average Bonchev–Trinajstić information content (AvgIpc) is 3.29. The number of anilines is 2. The Bertz CT molecular complexity index is 1470. The number of carbonyl (C=O) groups is 1. The second-order valence-corrected chi connectivity index (χ2v) is 9.80. The Labute approximate surface area is 220 Å². The highest BCUT2D eigenvalue weighted by atomic mass is 35.5. The van der Waals surface area contributed by atoms with Crippen molar-refractivity contribution >= 4 is 50.3 Å². The molecule has 37 heavy (non-hydrogen) atoms. The van der Waals surface area contributed by atoms with Crippen LogP contribution in [0.15, 0.2) is 30.7 Å². The van der Waals surface area contributed by atoms with Crippen LogP contribution >= 0.6 is 22.9 Å². The van der Waals surface area contributed by atoms with Gasteiger partial charge in [-0.2, -0.15) is 4.98 Å². The molecule has 0 unspecified atom stereocenters. The van der Waals surface area contributed by atoms with Gasteiger partial charge in [-0.05, 0) is 25.5 Å². The third-order valence-corrected chi connectivity index (χ3v) is 7.13. The number of aryl methyl sites for hydroxylation is 1. The summed E-state index contributed by atoms with van der Waals surface area (Å²) in [6, 6.07) is 3.41. The highest BCUT2D eigenvalue weighted by molar-refractivity contribution is 7.21. The molecule has 1 aliphatic heterocycles. The molecule has 1 amide bonds. The lowest BCUT2D eigenvalue weighted by atomic mass is 10.0. The van der Waals surface area contributed by atoms with Crippen molar-refractivity contribution in [2.75, 3.05) is 37.5 Å². The van der Waals surface area contributed by atoms with Gasteiger partial charge in [0.1, 0.15) is 22.9 Å². The topological polar surface area (TPSA) is 115 Å². The van der Waals surface area contributed by atoms with Crippen molar-refractivity contribution in [1.29, 1.82) is 0 Å². The number of carbonyl (C=O) groups excluding carboxylic acids is 1. The van der Waals surface area contributed by atoms with Crippen LogP contribution < -0.4 is 15.0 Å². The maximum atomic E-state index is 14.4. The Balaban J connectivity index is 1.41. The quantitative estimate of drug-likeness (QED) is 0.355. The number of alkyl halides is 1. The summed E-state index contributed by atoms with van der Waals surface area (Å²) < 4.78 is 25.0. The first kappa shape index (κ1) is 25.2. The zero-order chi connectivity index (χ0) is 26.1. The van der Waals surface area contributed by atoms with Crippen molar-refractivity contribution in [2.45, 2.75) is 25.6 Å². The fourth-order valence-corrected chi connectivity index (χ4v) is 5.14. The molecule has 1 fully saturated rings. The standard InChI is InChI=1S/C24H23ClFN7O3S/c1-12-6-13(14-7-19(25)28-9-18(14)36-3)15(8-27-12)22(34)32-24-31-21-23(37-24)30-20(10-29-21)33-5-4-17(35-2)16(26)11-33/h6-10,16-17H,4-5,11H2,1-3H3,(H,29,31,32,34)/t16-,17-/m1/s1. The molecule has 0 spiro atoms. The zero-order valence-corrected chi connectivity index (χ0v) is 21.8. The lowest BCUT2D eigenvalue weighted by molar-refractivity contribution is 0.0195. The molecule has 0 bridgehead atoms. The van der Waals surface area contributed by atoms with Crippen LogP contribution in [0.2, 0.25) is 5.15 Å². The van der Waals surface area contributed by atoms with Crippen LogP contribution in [0.5, 0.6) is 5.75 Å². The molecule has 5 heterocycles. The number of piperidine rings is 1. The smallest absolute Gasteiger partial charge is 0.259 e. The van der Waals surface area contributed by atoms with Gasteiger partial charge in [-0.15, -0.1) is 0 Å². The fourth-order valence-electron chi connectivity index (χ4n) is 4.19. The van der Waals surface area contributed by atoms with E-state index in [1.165, 1.54) is 38.0 Å². The molecule has 5 rings (SSSR count). The van der Waals surface area contributed by atoms with E-state index in [4.69, 9.17) is 21.1 Å². The van der Waals surface area contributed by atoms with Crippen LogP contribution in [0.1, 0.15) is 22.5 Å². The fraction of sp³-hybridized carbons (Fsp3) is 0.333. The number of halogens is 2. The maximum Gasteiger partial charge on any atom is 0.259 e. The van der Waals surface area contributed by atoms with Gasteiger partial charge in [0.15, 0.2) is 15.6 Å². The minimum atomic E-state index is -1.11. The van der Waals surface area contributed by atoms with E-state index >= 15 is 0 Å². The number of ether oxygens (including phenoxy) is 2. The summed E-state index contributed by atoms with van der Waals surface area (Å²) in [5, 5.41) is 3.41. The third kappa shape index (κ3) is 5.17. The molecule has 4 aromatic rings. The molecule has 1 saturated heterocycles. The van der Waals surface area contributed by atoms with Crippen LogP contribution in [-0.2, 0) is 4.74 Å². The van der Waals surface area contributed by atoms with E-state index in [0.717, 1.165) is 0 Å². The van der Waals surface area contributed by atoms with Gasteiger partial charge in [0.05, 0.1) is 37.7 Å². The SMILES string of the molecule is COc1cnc(Cl)cc1-c1cc(C)ncc1C(=O)Nc1nc2ncc(N3CC[C@@H](OC)[C@H](F)C3)nc2s1. The van der Waals surface area contributed by atoms with Crippen LogP contribution in [0.4, 0.5) is 15.3 Å². The third-order valence-electron chi connectivity index (χ3n) is 6.07. The molecular formula is C24H23ClFN7O3S. The molecule has 1 aliphatic rings. The molecule has 0 aliphatic carbocycles. The van der Waals surface area contributed by atoms with Gasteiger partial charge in [-0.1, -0.05) is 22.9 Å². The van der Waals surface area contributed by atoms with Crippen molar-refractivity contribution in [3.8, 4) is 16.9 Å². The Morgan fingerprint density at radius 3 is 2.76 bits per heavy atom. The van der Waals surface area contributed by atoms with Crippen molar-refractivity contribution in [1.82, 2.24) is 24.9 Å². The molecule has 192 valence electrons. The summed E-state index contributed by atoms with van der Waals surface area (Å²) in [4.78, 5) is 37.4. The first-order chi connectivity index (χ1) is 17.9. The lowest BCUT2D eigenvalue weighted by Gasteiger charge is -2.34. The van der Waals surface area contributed by atoms with Gasteiger partial charge >= 0.3 is 0 Å². The second-order valence-electron chi connectivity index (χ2n) is 8.43. The number of aromatic nitrogens is 5. The Morgan fingerprint density at radius 2 is 2.00 bits per heavy atom. The number of hydrogen-bond acceptors (Lipinski definition) is 10. The van der Waals surface area contributed by atoms with E-state index in [1.54, 1.807) is 18.3 Å². The van der Waals surface area contributed by atoms with E-state index in [0.29, 0.717) is 62.5 Å². The molecule has 0 saturated carbocycles. The average molecular weight is 544 g/mol. The molecule has 4 aromatic heterocycles. The van der Waals surface area contributed by atoms with Gasteiger partial charge in [-0.25, -0.2) is 19.3 Å². The largest absolute Gasteiger partial charge is 0.494 e. The first-order valence-electron chi connectivity index (χ1n) is 11.4. The van der Waals surface area contributed by atoms with Crippen LogP contribution in [-0.4, -0.2) is 70.4 Å². The van der Waals surface area contributed by atoms with E-state index in [1.807, 2.05) is 11.8 Å². The number of pyridine rings is 2. The number of nitrogens with zero attached hydrogens (tertiary/aromatic N) is 6. The van der Waals surface area contributed by atoms with Crippen LogP contribution in [0.25, 0.3) is 21.6 Å². The van der Waals surface area contributed by atoms with Gasteiger partial charge in [0, 0.05) is 36.7 Å². The van der Waals surface area contributed by atoms with E-state index in [9.17, 15) is 9.18 Å². The van der Waals surface area contributed by atoms with Gasteiger partial charge in [0.2, 0.25) is 0 Å². The van der Waals surface area contributed by atoms with E-state index in [-0.39, 0.29) is 11.7 Å². The van der Waals surface area contributed by atoms with Crippen molar-refractivity contribution in [3.05, 3.63) is 47.1 Å². The number of methoxy groups -OCH3 is 2. The van der Waals surface area contributed by atoms with E-state index < -0.39 is 18.2 Å². The summed E-state index contributed by atoms with van der Waals surface area (Å²) in [5.41, 5.74) is 2.61. The molecule has 0 aromatic carbocycles. The van der Waals surface area contributed by atoms with Crippen molar-refractivity contribution in [3.63, 3.8) is 0 Å². The summed E-state index contributed by atoms with van der Waals surface area (Å²) >= 11 is 7.31. The number of thiazole rings is 1. The number of amides is 1. The molecule has 1 N–H and O–H groups in total. The Hall–Kier alpha value is -3.48. The molecule has 2 atom stereocenters. The maximum absolute atomic E-state index is 14.4. The minimum absolute atomic E-state index is 0.173. The normalized spacial score (nSPS) is 17.7. The molecule has 10 nitrogen and oxygen atoms in total. The summed E-state index contributed by atoms with van der Waals surface area (Å²) in [6.07, 6.45) is 3.59. The summed E-state index contributed by atoms with van der Waals surface area (Å²) in [6.45, 7) is 2.60. The lowest BCUT2D eigenvalue weighted by Crippen LogP contribution is -2.45. The second kappa shape index (κ2) is 10.5. The highest BCUT2D eigenvalue weighted by Crippen LogP contribution is 2.34. The predicted molar refractivity (Wildman–Crippen MR) is 139 cm³/mol. The van der Waals surface area contributed by atoms with Crippen LogP contribution in [0.3, 0.4) is 0 Å². The monoisotopic (exact) mass is 543 g/mol.